The van der Waals surface area contributed by atoms with E-state index >= 15 is 0 Å². The maximum atomic E-state index is 12.7. The van der Waals surface area contributed by atoms with Crippen LogP contribution in [-0.2, 0) is 14.8 Å². The van der Waals surface area contributed by atoms with Crippen LogP contribution in [0.1, 0.15) is 32.3 Å². The second-order valence-corrected chi connectivity index (χ2v) is 8.60. The first-order chi connectivity index (χ1) is 10.7. The van der Waals surface area contributed by atoms with Gasteiger partial charge in [0.25, 0.3) is 0 Å². The summed E-state index contributed by atoms with van der Waals surface area (Å²) in [6, 6.07) is 4.87. The van der Waals surface area contributed by atoms with Crippen molar-refractivity contribution >= 4 is 27.5 Å². The second kappa shape index (κ2) is 7.20. The van der Waals surface area contributed by atoms with Crippen LogP contribution in [0.25, 0.3) is 0 Å². The van der Waals surface area contributed by atoms with Gasteiger partial charge in [0.1, 0.15) is 0 Å². The number of halogens is 1. The summed E-state index contributed by atoms with van der Waals surface area (Å²) in [7, 11) is -3.56. The van der Waals surface area contributed by atoms with E-state index in [2.05, 4.69) is 5.32 Å². The molecule has 0 saturated carbocycles. The van der Waals surface area contributed by atoms with Crippen LogP contribution in [0.4, 0.5) is 0 Å². The summed E-state index contributed by atoms with van der Waals surface area (Å²) in [4.78, 5) is 12.2. The van der Waals surface area contributed by atoms with Gasteiger partial charge in [-0.1, -0.05) is 17.7 Å². The summed E-state index contributed by atoms with van der Waals surface area (Å²) < 4.78 is 26.8. The highest BCUT2D eigenvalue weighted by Crippen LogP contribution is 2.26. The Balaban J connectivity index is 2.06. The number of nitrogens with one attached hydrogen (secondary N) is 1. The van der Waals surface area contributed by atoms with E-state index < -0.39 is 10.0 Å². The van der Waals surface area contributed by atoms with Crippen molar-refractivity contribution in [2.24, 2.45) is 5.92 Å². The Morgan fingerprint density at radius 3 is 2.43 bits per heavy atom. The Bertz CT molecular complexity index is 681. The van der Waals surface area contributed by atoms with E-state index in [0.717, 1.165) is 5.56 Å². The van der Waals surface area contributed by atoms with Crippen LogP contribution in [0.5, 0.6) is 0 Å². The number of sulfonamides is 1. The van der Waals surface area contributed by atoms with E-state index in [9.17, 15) is 13.2 Å². The number of nitrogens with zero attached hydrogens (tertiary/aromatic N) is 1. The van der Waals surface area contributed by atoms with Crippen LogP contribution in [-0.4, -0.2) is 37.8 Å². The lowest BCUT2D eigenvalue weighted by molar-refractivity contribution is -0.126. The van der Waals surface area contributed by atoms with Gasteiger partial charge in [-0.2, -0.15) is 4.31 Å². The molecule has 1 aromatic rings. The molecule has 5 nitrogen and oxygen atoms in total. The molecule has 0 atom stereocenters. The number of rotatable bonds is 4. The third-order valence-corrected chi connectivity index (χ3v) is 6.34. The number of amides is 1. The molecule has 23 heavy (non-hydrogen) atoms. The minimum absolute atomic E-state index is 0.00966. The SMILES string of the molecule is Cc1ccc(S(=O)(=O)N2CCC(C(=O)NC(C)C)CC2)cc1Cl. The first kappa shape index (κ1) is 18.2. The first-order valence-corrected chi connectivity index (χ1v) is 9.60. The first-order valence-electron chi connectivity index (χ1n) is 7.78. The van der Waals surface area contributed by atoms with Crippen molar-refractivity contribution < 1.29 is 13.2 Å². The lowest BCUT2D eigenvalue weighted by atomic mass is 9.97. The van der Waals surface area contributed by atoms with E-state index in [4.69, 9.17) is 11.6 Å². The van der Waals surface area contributed by atoms with Crippen LogP contribution in [0, 0.1) is 12.8 Å². The summed E-state index contributed by atoms with van der Waals surface area (Å²) in [5.41, 5.74) is 0.842. The molecule has 1 aliphatic heterocycles. The van der Waals surface area contributed by atoms with E-state index in [0.29, 0.717) is 31.0 Å². The zero-order chi connectivity index (χ0) is 17.2. The number of piperidine rings is 1. The molecule has 0 unspecified atom stereocenters. The van der Waals surface area contributed by atoms with Gasteiger partial charge >= 0.3 is 0 Å². The number of benzene rings is 1. The molecule has 1 amide bonds. The molecular weight excluding hydrogens is 336 g/mol. The monoisotopic (exact) mass is 358 g/mol. The van der Waals surface area contributed by atoms with Crippen LogP contribution >= 0.6 is 11.6 Å². The molecule has 0 bridgehead atoms. The van der Waals surface area contributed by atoms with Crippen molar-refractivity contribution in [3.63, 3.8) is 0 Å². The van der Waals surface area contributed by atoms with Gasteiger partial charge in [-0.15, -0.1) is 0 Å². The molecule has 1 saturated heterocycles. The van der Waals surface area contributed by atoms with E-state index in [1.807, 2.05) is 20.8 Å². The smallest absolute Gasteiger partial charge is 0.243 e. The van der Waals surface area contributed by atoms with Crippen LogP contribution in [0.15, 0.2) is 23.1 Å². The standard InChI is InChI=1S/C16H23ClN2O3S/c1-11(2)18-16(20)13-6-8-19(9-7-13)23(21,22)14-5-4-12(3)15(17)10-14/h4-5,10-11,13H,6-9H2,1-3H3,(H,18,20). The highest BCUT2D eigenvalue weighted by Gasteiger charge is 2.32. The lowest BCUT2D eigenvalue weighted by Crippen LogP contribution is -2.44. The van der Waals surface area contributed by atoms with E-state index in [1.54, 1.807) is 12.1 Å². The van der Waals surface area contributed by atoms with Gasteiger partial charge in [-0.25, -0.2) is 8.42 Å². The number of aryl methyl sites for hydroxylation is 1. The second-order valence-electron chi connectivity index (χ2n) is 6.25. The molecule has 1 aromatic carbocycles. The van der Waals surface area contributed by atoms with Crippen molar-refractivity contribution in [1.82, 2.24) is 9.62 Å². The molecule has 0 spiro atoms. The number of carbonyl (C=O) groups is 1. The minimum atomic E-state index is -3.56. The summed E-state index contributed by atoms with van der Waals surface area (Å²) in [5.74, 6) is -0.110. The van der Waals surface area contributed by atoms with Gasteiger partial charge in [0.05, 0.1) is 4.90 Å². The Kier molecular flexibility index (Phi) is 5.70. The van der Waals surface area contributed by atoms with Crippen LogP contribution in [0.3, 0.4) is 0 Å². The van der Waals surface area contributed by atoms with Crippen molar-refractivity contribution in [2.75, 3.05) is 13.1 Å². The molecule has 1 aliphatic rings. The minimum Gasteiger partial charge on any atom is -0.354 e. The Hall–Kier alpha value is -1.11. The van der Waals surface area contributed by atoms with Gasteiger partial charge < -0.3 is 5.32 Å². The molecule has 1 N–H and O–H groups in total. The van der Waals surface area contributed by atoms with Crippen molar-refractivity contribution in [1.29, 1.82) is 0 Å². The Morgan fingerprint density at radius 2 is 1.91 bits per heavy atom. The number of hydrogen-bond acceptors (Lipinski definition) is 3. The third-order valence-electron chi connectivity index (χ3n) is 4.04. The predicted molar refractivity (Wildman–Crippen MR) is 91.0 cm³/mol. The zero-order valence-corrected chi connectivity index (χ0v) is 15.2. The largest absolute Gasteiger partial charge is 0.354 e. The summed E-state index contributed by atoms with van der Waals surface area (Å²) >= 11 is 6.04. The van der Waals surface area contributed by atoms with Crippen LogP contribution in [0.2, 0.25) is 5.02 Å². The Morgan fingerprint density at radius 1 is 1.30 bits per heavy atom. The summed E-state index contributed by atoms with van der Waals surface area (Å²) in [6.45, 7) is 6.36. The van der Waals surface area contributed by atoms with Crippen LogP contribution < -0.4 is 5.32 Å². The normalized spacial score (nSPS) is 17.4. The van der Waals surface area contributed by atoms with Gasteiger partial charge in [0.2, 0.25) is 15.9 Å². The van der Waals surface area contributed by atoms with E-state index in [1.165, 1.54) is 10.4 Å². The number of carbonyl (C=O) groups excluding carboxylic acids is 1. The average Bonchev–Trinajstić information content (AvgIpc) is 2.49. The Labute approximate surface area is 143 Å². The fraction of sp³-hybridized carbons (Fsp3) is 0.562. The highest BCUT2D eigenvalue weighted by atomic mass is 35.5. The van der Waals surface area contributed by atoms with Gasteiger partial charge in [-0.3, -0.25) is 4.79 Å². The lowest BCUT2D eigenvalue weighted by Gasteiger charge is -2.31. The molecule has 2 rings (SSSR count). The van der Waals surface area contributed by atoms with E-state index in [-0.39, 0.29) is 22.8 Å². The molecule has 128 valence electrons. The van der Waals surface area contributed by atoms with Gasteiger partial charge in [-0.05, 0) is 51.3 Å². The summed E-state index contributed by atoms with van der Waals surface area (Å²) in [6.07, 6.45) is 1.08. The molecule has 7 heteroatoms. The quantitative estimate of drug-likeness (QED) is 0.899. The maximum Gasteiger partial charge on any atom is 0.243 e. The van der Waals surface area contributed by atoms with Crippen molar-refractivity contribution in [3.05, 3.63) is 28.8 Å². The fourth-order valence-electron chi connectivity index (χ4n) is 2.64. The molecule has 0 aromatic heterocycles. The zero-order valence-electron chi connectivity index (χ0n) is 13.7. The maximum absolute atomic E-state index is 12.7. The van der Waals surface area contributed by atoms with Gasteiger partial charge in [0.15, 0.2) is 0 Å². The van der Waals surface area contributed by atoms with Crippen molar-refractivity contribution in [2.45, 2.75) is 44.6 Å². The van der Waals surface area contributed by atoms with Gasteiger partial charge in [0, 0.05) is 30.1 Å². The summed E-state index contributed by atoms with van der Waals surface area (Å²) in [5, 5.41) is 3.33. The average molecular weight is 359 g/mol. The highest BCUT2D eigenvalue weighted by molar-refractivity contribution is 7.89. The molecule has 0 radical (unpaired) electrons. The fourth-order valence-corrected chi connectivity index (χ4v) is 4.39. The number of hydrogen-bond donors (Lipinski definition) is 1. The third kappa shape index (κ3) is 4.25. The molecule has 1 fully saturated rings. The van der Waals surface area contributed by atoms with Crippen molar-refractivity contribution in [3.8, 4) is 0 Å². The molecule has 1 heterocycles. The molecular formula is C16H23ClN2O3S. The predicted octanol–water partition coefficient (Wildman–Crippen LogP) is 2.57. The topological polar surface area (TPSA) is 66.5 Å². The molecule has 0 aliphatic carbocycles.